The maximum Gasteiger partial charge on any atom is 0.494 e. The third-order valence-electron chi connectivity index (χ3n) is 9.36. The fourth-order valence-electron chi connectivity index (χ4n) is 6.11. The molecule has 1 saturated heterocycles. The molecule has 6 rings (SSSR count). The van der Waals surface area contributed by atoms with Crippen LogP contribution in [0.3, 0.4) is 0 Å². The minimum absolute atomic E-state index is 0.351. The standard InChI is InChI=1S/C32H41BN4O2/c1-31(2)32(3,4)39-33(38-31)26-18-15-22(16-19-26)27-20-17-25(21-34-27)30-36-28(23-11-7-5-8-12-23)35-29(37-30)24-13-9-6-10-14-24/h15-21,23-24H,5-14H2,1-4H3. The van der Waals surface area contributed by atoms with Gasteiger partial charge in [-0.2, -0.15) is 0 Å². The fourth-order valence-corrected chi connectivity index (χ4v) is 6.11. The van der Waals surface area contributed by atoms with Gasteiger partial charge in [-0.25, -0.2) is 15.0 Å². The number of pyridine rings is 1. The van der Waals surface area contributed by atoms with E-state index in [9.17, 15) is 0 Å². The first-order valence-electron chi connectivity index (χ1n) is 15.0. The van der Waals surface area contributed by atoms with Gasteiger partial charge in [0.1, 0.15) is 11.6 Å². The lowest BCUT2D eigenvalue weighted by molar-refractivity contribution is 0.00578. The van der Waals surface area contributed by atoms with Crippen molar-refractivity contribution in [3.63, 3.8) is 0 Å². The maximum absolute atomic E-state index is 6.21. The van der Waals surface area contributed by atoms with Gasteiger partial charge >= 0.3 is 7.12 Å². The fraction of sp³-hybridized carbons (Fsp3) is 0.562. The zero-order chi connectivity index (χ0) is 27.0. The van der Waals surface area contributed by atoms with Crippen LogP contribution in [-0.4, -0.2) is 38.3 Å². The van der Waals surface area contributed by atoms with Crippen LogP contribution in [0.15, 0.2) is 42.6 Å². The molecule has 204 valence electrons. The van der Waals surface area contributed by atoms with Crippen LogP contribution in [0.2, 0.25) is 0 Å². The van der Waals surface area contributed by atoms with E-state index in [1.807, 2.05) is 6.20 Å². The van der Waals surface area contributed by atoms with Crippen molar-refractivity contribution in [2.24, 2.45) is 0 Å². The summed E-state index contributed by atoms with van der Waals surface area (Å²) in [6, 6.07) is 12.5. The lowest BCUT2D eigenvalue weighted by Crippen LogP contribution is -2.41. The first-order chi connectivity index (χ1) is 18.8. The molecule has 0 spiro atoms. The summed E-state index contributed by atoms with van der Waals surface area (Å²) in [5, 5.41) is 0. The van der Waals surface area contributed by atoms with E-state index < -0.39 is 0 Å². The Morgan fingerprint density at radius 1 is 0.641 bits per heavy atom. The second-order valence-corrected chi connectivity index (χ2v) is 12.7. The van der Waals surface area contributed by atoms with E-state index >= 15 is 0 Å². The van der Waals surface area contributed by atoms with E-state index in [4.69, 9.17) is 29.2 Å². The van der Waals surface area contributed by atoms with E-state index in [2.05, 4.69) is 64.1 Å². The topological polar surface area (TPSA) is 70.0 Å². The molecule has 3 heterocycles. The number of hydrogen-bond donors (Lipinski definition) is 0. The zero-order valence-electron chi connectivity index (χ0n) is 23.9. The first-order valence-corrected chi connectivity index (χ1v) is 15.0. The molecule has 1 aliphatic heterocycles. The summed E-state index contributed by atoms with van der Waals surface area (Å²) in [6.07, 6.45) is 14.4. The Morgan fingerprint density at radius 3 is 1.64 bits per heavy atom. The Hall–Kier alpha value is -2.64. The van der Waals surface area contributed by atoms with Crippen LogP contribution >= 0.6 is 0 Å². The highest BCUT2D eigenvalue weighted by Gasteiger charge is 2.51. The summed E-state index contributed by atoms with van der Waals surface area (Å²) in [7, 11) is -0.361. The van der Waals surface area contributed by atoms with Gasteiger partial charge < -0.3 is 9.31 Å². The number of nitrogens with zero attached hydrogens (tertiary/aromatic N) is 4. The van der Waals surface area contributed by atoms with Crippen molar-refractivity contribution in [1.82, 2.24) is 19.9 Å². The van der Waals surface area contributed by atoms with Crippen molar-refractivity contribution in [3.05, 3.63) is 54.2 Å². The second-order valence-electron chi connectivity index (χ2n) is 12.7. The molecule has 2 aliphatic carbocycles. The van der Waals surface area contributed by atoms with Crippen molar-refractivity contribution in [1.29, 1.82) is 0 Å². The van der Waals surface area contributed by atoms with Crippen LogP contribution in [0.4, 0.5) is 0 Å². The maximum atomic E-state index is 6.21. The van der Waals surface area contributed by atoms with E-state index in [0.717, 1.165) is 39.8 Å². The van der Waals surface area contributed by atoms with Gasteiger partial charge in [0.25, 0.3) is 0 Å². The Morgan fingerprint density at radius 2 is 1.15 bits per heavy atom. The smallest absolute Gasteiger partial charge is 0.399 e. The third-order valence-corrected chi connectivity index (χ3v) is 9.36. The lowest BCUT2D eigenvalue weighted by Gasteiger charge is -2.32. The lowest BCUT2D eigenvalue weighted by atomic mass is 9.79. The average molecular weight is 525 g/mol. The molecule has 0 amide bonds. The van der Waals surface area contributed by atoms with Crippen LogP contribution in [0.5, 0.6) is 0 Å². The van der Waals surface area contributed by atoms with Crippen molar-refractivity contribution >= 4 is 12.6 Å². The monoisotopic (exact) mass is 524 g/mol. The molecule has 0 unspecified atom stereocenters. The molecule has 39 heavy (non-hydrogen) atoms. The average Bonchev–Trinajstić information content (AvgIpc) is 3.20. The van der Waals surface area contributed by atoms with Crippen LogP contribution < -0.4 is 5.46 Å². The molecule has 2 saturated carbocycles. The summed E-state index contributed by atoms with van der Waals surface area (Å²) in [5.41, 5.74) is 3.26. The number of rotatable bonds is 5. The molecule has 7 heteroatoms. The molecule has 0 radical (unpaired) electrons. The molecule has 1 aromatic carbocycles. The van der Waals surface area contributed by atoms with Crippen molar-refractivity contribution in [2.75, 3.05) is 0 Å². The normalized spacial score (nSPS) is 21.8. The number of benzene rings is 1. The van der Waals surface area contributed by atoms with Gasteiger partial charge in [0.2, 0.25) is 0 Å². The van der Waals surface area contributed by atoms with Crippen molar-refractivity contribution in [3.8, 4) is 22.6 Å². The molecule has 3 aliphatic rings. The summed E-state index contributed by atoms with van der Waals surface area (Å²) < 4.78 is 12.4. The highest BCUT2D eigenvalue weighted by atomic mass is 16.7. The minimum atomic E-state index is -0.361. The molecule has 3 fully saturated rings. The van der Waals surface area contributed by atoms with E-state index in [-0.39, 0.29) is 18.3 Å². The quantitative estimate of drug-likeness (QED) is 0.335. The largest absolute Gasteiger partial charge is 0.494 e. The van der Waals surface area contributed by atoms with E-state index in [0.29, 0.717) is 11.8 Å². The van der Waals surface area contributed by atoms with Gasteiger partial charge in [-0.05, 0) is 71.0 Å². The van der Waals surface area contributed by atoms with E-state index in [1.165, 1.54) is 64.2 Å². The molecule has 0 bridgehead atoms. The first kappa shape index (κ1) is 26.6. The molecule has 2 aromatic heterocycles. The predicted molar refractivity (Wildman–Crippen MR) is 156 cm³/mol. The van der Waals surface area contributed by atoms with Crippen LogP contribution in [0.25, 0.3) is 22.6 Å². The van der Waals surface area contributed by atoms with Gasteiger partial charge in [0.05, 0.1) is 16.9 Å². The Bertz CT molecular complexity index is 1230. The Balaban J connectivity index is 1.24. The second kappa shape index (κ2) is 10.7. The number of aromatic nitrogens is 4. The molecule has 0 atom stereocenters. The van der Waals surface area contributed by atoms with Gasteiger partial charge in [-0.3, -0.25) is 4.98 Å². The van der Waals surface area contributed by atoms with Gasteiger partial charge in [-0.1, -0.05) is 62.8 Å². The Kier molecular flexibility index (Phi) is 7.32. The van der Waals surface area contributed by atoms with Gasteiger partial charge in [-0.15, -0.1) is 0 Å². The van der Waals surface area contributed by atoms with E-state index in [1.54, 1.807) is 0 Å². The Labute approximate surface area is 233 Å². The summed E-state index contributed by atoms with van der Waals surface area (Å²) in [4.78, 5) is 19.9. The van der Waals surface area contributed by atoms with Crippen LogP contribution in [0, 0.1) is 0 Å². The molecule has 3 aromatic rings. The van der Waals surface area contributed by atoms with Crippen molar-refractivity contribution < 1.29 is 9.31 Å². The highest BCUT2D eigenvalue weighted by molar-refractivity contribution is 6.62. The highest BCUT2D eigenvalue weighted by Crippen LogP contribution is 2.37. The SMILES string of the molecule is CC1(C)OB(c2ccc(-c3ccc(-c4nc(C5CCCCC5)nc(C5CCCCC5)n4)cn3)cc2)OC1(C)C. The summed E-state index contributed by atoms with van der Waals surface area (Å²) >= 11 is 0. The molecular weight excluding hydrogens is 483 g/mol. The predicted octanol–water partition coefficient (Wildman–Crippen LogP) is 7.00. The third kappa shape index (κ3) is 5.53. The molecule has 0 N–H and O–H groups in total. The van der Waals surface area contributed by atoms with Crippen LogP contribution in [0.1, 0.15) is 115 Å². The molecular formula is C32H41BN4O2. The zero-order valence-corrected chi connectivity index (χ0v) is 23.9. The molecule has 6 nitrogen and oxygen atoms in total. The number of hydrogen-bond acceptors (Lipinski definition) is 6. The van der Waals surface area contributed by atoms with Crippen molar-refractivity contribution in [2.45, 2.75) is 115 Å². The van der Waals surface area contributed by atoms with Gasteiger partial charge in [0.15, 0.2) is 5.82 Å². The summed E-state index contributed by atoms with van der Waals surface area (Å²) in [5.74, 6) is 3.70. The summed E-state index contributed by atoms with van der Waals surface area (Å²) in [6.45, 7) is 8.32. The van der Waals surface area contributed by atoms with Gasteiger partial charge in [0, 0.05) is 29.2 Å². The van der Waals surface area contributed by atoms with Crippen LogP contribution in [-0.2, 0) is 9.31 Å². The minimum Gasteiger partial charge on any atom is -0.399 e.